The third-order valence-electron chi connectivity index (χ3n) is 4.02. The zero-order valence-electron chi connectivity index (χ0n) is 10.6. The molecule has 3 nitrogen and oxygen atoms in total. The van der Waals surface area contributed by atoms with Gasteiger partial charge in [0.1, 0.15) is 0 Å². The van der Waals surface area contributed by atoms with E-state index in [-0.39, 0.29) is 0 Å². The van der Waals surface area contributed by atoms with Crippen LogP contribution in [-0.2, 0) is 0 Å². The van der Waals surface area contributed by atoms with Crippen molar-refractivity contribution in [2.45, 2.75) is 32.7 Å². The van der Waals surface area contributed by atoms with Crippen LogP contribution >= 0.6 is 15.9 Å². The van der Waals surface area contributed by atoms with E-state index in [9.17, 15) is 4.79 Å². The minimum absolute atomic E-state index is 0.299. The summed E-state index contributed by atoms with van der Waals surface area (Å²) >= 11 is 3.30. The van der Waals surface area contributed by atoms with E-state index in [4.69, 9.17) is 5.11 Å². The molecular weight excluding hydrogens is 294 g/mol. The fourth-order valence-corrected chi connectivity index (χ4v) is 3.11. The van der Waals surface area contributed by atoms with Crippen LogP contribution in [0.25, 0.3) is 0 Å². The van der Waals surface area contributed by atoms with E-state index in [0.717, 1.165) is 11.6 Å². The normalized spacial score (nSPS) is 27.2. The number of carboxylic acids is 1. The second-order valence-electron chi connectivity index (χ2n) is 5.16. The summed E-state index contributed by atoms with van der Waals surface area (Å²) in [6.07, 6.45) is 2.44. The van der Waals surface area contributed by atoms with Gasteiger partial charge in [-0.05, 0) is 58.8 Å². The van der Waals surface area contributed by atoms with Gasteiger partial charge in [-0.25, -0.2) is 4.79 Å². The summed E-state index contributed by atoms with van der Waals surface area (Å²) in [5.74, 6) is 0.503. The van der Waals surface area contributed by atoms with Crippen molar-refractivity contribution in [3.8, 4) is 0 Å². The molecule has 98 valence electrons. The molecule has 1 aliphatic rings. The van der Waals surface area contributed by atoms with Crippen LogP contribution in [0.5, 0.6) is 0 Å². The first kappa shape index (κ1) is 13.4. The Hall–Kier alpha value is -1.03. The summed E-state index contributed by atoms with van der Waals surface area (Å²) in [6.45, 7) is 4.56. The number of halogens is 1. The van der Waals surface area contributed by atoms with Crippen LogP contribution in [0.3, 0.4) is 0 Å². The summed E-state index contributed by atoms with van der Waals surface area (Å²) in [5, 5.41) is 12.5. The molecule has 0 aromatic heterocycles. The molecule has 1 aliphatic carbocycles. The van der Waals surface area contributed by atoms with E-state index in [0.29, 0.717) is 22.0 Å². The number of hydrogen-bond acceptors (Lipinski definition) is 2. The molecule has 1 fully saturated rings. The molecular formula is C14H18BrNO2. The second-order valence-corrected chi connectivity index (χ2v) is 6.02. The molecule has 18 heavy (non-hydrogen) atoms. The van der Waals surface area contributed by atoms with Crippen LogP contribution in [-0.4, -0.2) is 17.1 Å². The number of anilines is 1. The lowest BCUT2D eigenvalue weighted by molar-refractivity contribution is 0.0696. The van der Waals surface area contributed by atoms with Crippen LogP contribution in [0.1, 0.15) is 37.0 Å². The molecule has 3 atom stereocenters. The Morgan fingerprint density at radius 2 is 2.11 bits per heavy atom. The van der Waals surface area contributed by atoms with Crippen LogP contribution in [0.2, 0.25) is 0 Å². The van der Waals surface area contributed by atoms with Gasteiger partial charge in [0, 0.05) is 16.2 Å². The van der Waals surface area contributed by atoms with Crippen LogP contribution in [0.15, 0.2) is 22.7 Å². The lowest BCUT2D eigenvalue weighted by Crippen LogP contribution is -2.24. The van der Waals surface area contributed by atoms with Gasteiger partial charge in [-0.1, -0.05) is 13.8 Å². The van der Waals surface area contributed by atoms with Gasteiger partial charge in [0.05, 0.1) is 5.56 Å². The lowest BCUT2D eigenvalue weighted by atomic mass is 9.97. The van der Waals surface area contributed by atoms with E-state index in [2.05, 4.69) is 35.1 Å². The van der Waals surface area contributed by atoms with Crippen molar-refractivity contribution in [2.24, 2.45) is 11.8 Å². The largest absolute Gasteiger partial charge is 0.478 e. The van der Waals surface area contributed by atoms with Crippen molar-refractivity contribution < 1.29 is 9.90 Å². The SMILES string of the molecule is CC1CCC(Nc2ccc(C(=O)O)c(Br)c2)C1C. The molecule has 0 amide bonds. The Balaban J connectivity index is 2.11. The molecule has 0 aliphatic heterocycles. The number of aromatic carboxylic acids is 1. The fourth-order valence-electron chi connectivity index (χ4n) is 2.56. The summed E-state index contributed by atoms with van der Waals surface area (Å²) in [7, 11) is 0. The van der Waals surface area contributed by atoms with Crippen molar-refractivity contribution >= 4 is 27.6 Å². The van der Waals surface area contributed by atoms with Crippen molar-refractivity contribution in [3.05, 3.63) is 28.2 Å². The number of carbonyl (C=O) groups is 1. The van der Waals surface area contributed by atoms with Gasteiger partial charge in [0.25, 0.3) is 0 Å². The highest BCUT2D eigenvalue weighted by Crippen LogP contribution is 2.33. The molecule has 1 saturated carbocycles. The predicted molar refractivity (Wildman–Crippen MR) is 76.1 cm³/mol. The van der Waals surface area contributed by atoms with Gasteiger partial charge in [0.15, 0.2) is 0 Å². The molecule has 2 N–H and O–H groups in total. The summed E-state index contributed by atoms with van der Waals surface area (Å²) in [5.41, 5.74) is 1.28. The summed E-state index contributed by atoms with van der Waals surface area (Å²) in [4.78, 5) is 10.9. The average Bonchev–Trinajstić information content (AvgIpc) is 2.61. The van der Waals surface area contributed by atoms with E-state index in [1.165, 1.54) is 12.8 Å². The number of hydrogen-bond donors (Lipinski definition) is 2. The Bertz CT molecular complexity index is 461. The van der Waals surface area contributed by atoms with Gasteiger partial charge >= 0.3 is 5.97 Å². The smallest absolute Gasteiger partial charge is 0.336 e. The Labute approximate surface area is 116 Å². The minimum atomic E-state index is -0.906. The highest BCUT2D eigenvalue weighted by Gasteiger charge is 2.29. The van der Waals surface area contributed by atoms with E-state index >= 15 is 0 Å². The van der Waals surface area contributed by atoms with E-state index in [1.807, 2.05) is 12.1 Å². The summed E-state index contributed by atoms with van der Waals surface area (Å²) in [6, 6.07) is 5.81. The third kappa shape index (κ3) is 2.69. The highest BCUT2D eigenvalue weighted by molar-refractivity contribution is 9.10. The van der Waals surface area contributed by atoms with Crippen molar-refractivity contribution in [1.29, 1.82) is 0 Å². The molecule has 0 saturated heterocycles. The van der Waals surface area contributed by atoms with Crippen LogP contribution in [0.4, 0.5) is 5.69 Å². The topological polar surface area (TPSA) is 49.3 Å². The number of nitrogens with one attached hydrogen (secondary N) is 1. The molecule has 4 heteroatoms. The summed E-state index contributed by atoms with van der Waals surface area (Å²) < 4.78 is 0.624. The van der Waals surface area contributed by atoms with E-state index < -0.39 is 5.97 Å². The standard InChI is InChI=1S/C14H18BrNO2/c1-8-3-6-13(9(8)2)16-10-4-5-11(14(17)18)12(15)7-10/h4-5,7-9,13,16H,3,6H2,1-2H3,(H,17,18). The van der Waals surface area contributed by atoms with Crippen molar-refractivity contribution in [2.75, 3.05) is 5.32 Å². The minimum Gasteiger partial charge on any atom is -0.478 e. The molecule has 0 radical (unpaired) electrons. The first-order valence-corrected chi connectivity index (χ1v) is 7.07. The van der Waals surface area contributed by atoms with Crippen molar-refractivity contribution in [1.82, 2.24) is 0 Å². The molecule has 2 rings (SSSR count). The Morgan fingerprint density at radius 1 is 1.39 bits per heavy atom. The zero-order valence-corrected chi connectivity index (χ0v) is 12.2. The number of carboxylic acid groups (broad SMARTS) is 1. The maximum Gasteiger partial charge on any atom is 0.336 e. The quantitative estimate of drug-likeness (QED) is 0.887. The molecule has 1 aromatic carbocycles. The monoisotopic (exact) mass is 311 g/mol. The molecule has 1 aromatic rings. The van der Waals surface area contributed by atoms with Crippen molar-refractivity contribution in [3.63, 3.8) is 0 Å². The van der Waals surface area contributed by atoms with Gasteiger partial charge in [-0.2, -0.15) is 0 Å². The third-order valence-corrected chi connectivity index (χ3v) is 4.67. The van der Waals surface area contributed by atoms with Gasteiger partial charge in [-0.15, -0.1) is 0 Å². The van der Waals surface area contributed by atoms with E-state index in [1.54, 1.807) is 6.07 Å². The Morgan fingerprint density at radius 3 is 2.61 bits per heavy atom. The second kappa shape index (κ2) is 5.31. The zero-order chi connectivity index (χ0) is 13.3. The lowest BCUT2D eigenvalue weighted by Gasteiger charge is -2.21. The molecule has 0 spiro atoms. The van der Waals surface area contributed by atoms with Crippen LogP contribution < -0.4 is 5.32 Å². The average molecular weight is 312 g/mol. The van der Waals surface area contributed by atoms with Gasteiger partial charge in [0.2, 0.25) is 0 Å². The first-order valence-electron chi connectivity index (χ1n) is 6.28. The molecule has 0 bridgehead atoms. The fraction of sp³-hybridized carbons (Fsp3) is 0.500. The molecule has 0 heterocycles. The van der Waals surface area contributed by atoms with Crippen LogP contribution in [0, 0.1) is 11.8 Å². The Kier molecular flexibility index (Phi) is 3.95. The first-order chi connectivity index (χ1) is 8.49. The maximum atomic E-state index is 10.9. The van der Waals surface area contributed by atoms with Gasteiger partial charge in [-0.3, -0.25) is 0 Å². The number of rotatable bonds is 3. The predicted octanol–water partition coefficient (Wildman–Crippen LogP) is 3.99. The van der Waals surface area contributed by atoms with Gasteiger partial charge < -0.3 is 10.4 Å². The number of benzene rings is 1. The molecule has 3 unspecified atom stereocenters. The maximum absolute atomic E-state index is 10.9. The highest BCUT2D eigenvalue weighted by atomic mass is 79.9.